The fourth-order valence-electron chi connectivity index (χ4n) is 1.86. The maximum absolute atomic E-state index is 11.9. The number of carbonyl (C=O) groups excluding carboxylic acids is 1. The van der Waals surface area contributed by atoms with Crippen LogP contribution in [0.5, 0.6) is 11.5 Å². The highest BCUT2D eigenvalue weighted by molar-refractivity contribution is 6.02. The number of aromatic hydroxyl groups is 1. The van der Waals surface area contributed by atoms with Crippen molar-refractivity contribution in [2.24, 2.45) is 0 Å². The Labute approximate surface area is 130 Å². The topological polar surface area (TPSA) is 58.6 Å². The zero-order chi connectivity index (χ0) is 15.8. The molecule has 0 fully saturated rings. The van der Waals surface area contributed by atoms with E-state index in [4.69, 9.17) is 4.74 Å². The predicted molar refractivity (Wildman–Crippen MR) is 88.0 cm³/mol. The van der Waals surface area contributed by atoms with E-state index < -0.39 is 0 Å². The maximum Gasteiger partial charge on any atom is 0.248 e. The van der Waals surface area contributed by atoms with Crippen LogP contribution >= 0.6 is 0 Å². The molecule has 4 heteroatoms. The van der Waals surface area contributed by atoms with Gasteiger partial charge in [-0.1, -0.05) is 25.1 Å². The SMILES string of the molecule is CCCOc1ccccc1C=CC(=O)Nc1ccc(O)cc1. The molecular weight excluding hydrogens is 278 g/mol. The number of phenolic OH excluding ortho intramolecular Hbond substituents is 1. The summed E-state index contributed by atoms with van der Waals surface area (Å²) in [5.41, 5.74) is 1.49. The van der Waals surface area contributed by atoms with Crippen LogP contribution in [-0.4, -0.2) is 17.6 Å². The molecule has 0 aliphatic heterocycles. The number of anilines is 1. The summed E-state index contributed by atoms with van der Waals surface area (Å²) in [4.78, 5) is 11.9. The maximum atomic E-state index is 11.9. The molecule has 0 aromatic heterocycles. The van der Waals surface area contributed by atoms with Gasteiger partial charge in [0.15, 0.2) is 0 Å². The van der Waals surface area contributed by atoms with Crippen molar-refractivity contribution >= 4 is 17.7 Å². The van der Waals surface area contributed by atoms with Crippen LogP contribution in [0.1, 0.15) is 18.9 Å². The fourth-order valence-corrected chi connectivity index (χ4v) is 1.86. The Morgan fingerprint density at radius 3 is 2.64 bits per heavy atom. The number of rotatable bonds is 6. The second kappa shape index (κ2) is 7.88. The van der Waals surface area contributed by atoms with Gasteiger partial charge < -0.3 is 15.2 Å². The highest BCUT2D eigenvalue weighted by Gasteiger charge is 2.01. The van der Waals surface area contributed by atoms with Gasteiger partial charge in [0, 0.05) is 17.3 Å². The third-order valence-electron chi connectivity index (χ3n) is 2.93. The van der Waals surface area contributed by atoms with Gasteiger partial charge >= 0.3 is 0 Å². The highest BCUT2D eigenvalue weighted by Crippen LogP contribution is 2.20. The van der Waals surface area contributed by atoms with Gasteiger partial charge in [0.25, 0.3) is 0 Å². The van der Waals surface area contributed by atoms with Crippen LogP contribution in [0.2, 0.25) is 0 Å². The van der Waals surface area contributed by atoms with Crippen molar-refractivity contribution in [1.29, 1.82) is 0 Å². The molecule has 1 amide bonds. The first kappa shape index (κ1) is 15.6. The molecule has 2 aromatic carbocycles. The average Bonchev–Trinajstić information content (AvgIpc) is 2.54. The molecule has 0 aliphatic carbocycles. The van der Waals surface area contributed by atoms with Crippen molar-refractivity contribution in [3.63, 3.8) is 0 Å². The van der Waals surface area contributed by atoms with Crippen molar-refractivity contribution in [3.8, 4) is 11.5 Å². The third-order valence-corrected chi connectivity index (χ3v) is 2.93. The summed E-state index contributed by atoms with van der Waals surface area (Å²) < 4.78 is 5.64. The Hall–Kier alpha value is -2.75. The number of phenols is 1. The number of para-hydroxylation sites is 1. The Morgan fingerprint density at radius 2 is 1.91 bits per heavy atom. The summed E-state index contributed by atoms with van der Waals surface area (Å²) in [6.07, 6.45) is 4.11. The van der Waals surface area contributed by atoms with E-state index in [1.165, 1.54) is 18.2 Å². The third kappa shape index (κ3) is 4.66. The molecule has 2 aromatic rings. The van der Waals surface area contributed by atoms with E-state index in [0.717, 1.165) is 17.7 Å². The van der Waals surface area contributed by atoms with Gasteiger partial charge in [0.05, 0.1) is 6.61 Å². The van der Waals surface area contributed by atoms with Gasteiger partial charge in [-0.15, -0.1) is 0 Å². The molecule has 2 N–H and O–H groups in total. The highest BCUT2D eigenvalue weighted by atomic mass is 16.5. The van der Waals surface area contributed by atoms with E-state index in [1.807, 2.05) is 31.2 Å². The molecule has 114 valence electrons. The molecular formula is C18H19NO3. The van der Waals surface area contributed by atoms with Crippen LogP contribution in [-0.2, 0) is 4.79 Å². The molecule has 0 spiro atoms. The minimum absolute atomic E-state index is 0.163. The lowest BCUT2D eigenvalue weighted by Crippen LogP contribution is -2.07. The van der Waals surface area contributed by atoms with Gasteiger partial charge in [0.2, 0.25) is 5.91 Å². The summed E-state index contributed by atoms with van der Waals surface area (Å²) in [7, 11) is 0. The number of nitrogens with one attached hydrogen (secondary N) is 1. The first-order valence-electron chi connectivity index (χ1n) is 7.19. The van der Waals surface area contributed by atoms with Crippen molar-refractivity contribution in [2.75, 3.05) is 11.9 Å². The van der Waals surface area contributed by atoms with Gasteiger partial charge in [-0.05, 0) is 42.8 Å². The molecule has 4 nitrogen and oxygen atoms in total. The number of carbonyl (C=O) groups is 1. The molecule has 22 heavy (non-hydrogen) atoms. The molecule has 0 saturated carbocycles. The molecule has 0 heterocycles. The van der Waals surface area contributed by atoms with Gasteiger partial charge in [0.1, 0.15) is 11.5 Å². The van der Waals surface area contributed by atoms with Crippen LogP contribution in [0.25, 0.3) is 6.08 Å². The van der Waals surface area contributed by atoms with E-state index in [2.05, 4.69) is 5.32 Å². The van der Waals surface area contributed by atoms with Crippen molar-refractivity contribution in [1.82, 2.24) is 0 Å². The number of hydrogen-bond donors (Lipinski definition) is 2. The van der Waals surface area contributed by atoms with Crippen LogP contribution < -0.4 is 10.1 Å². The predicted octanol–water partition coefficient (Wildman–Crippen LogP) is 3.83. The molecule has 0 bridgehead atoms. The monoisotopic (exact) mass is 297 g/mol. The van der Waals surface area contributed by atoms with E-state index in [0.29, 0.717) is 12.3 Å². The smallest absolute Gasteiger partial charge is 0.248 e. The summed E-state index contributed by atoms with van der Waals surface area (Å²) >= 11 is 0. The van der Waals surface area contributed by atoms with Crippen molar-refractivity contribution in [3.05, 3.63) is 60.2 Å². The Balaban J connectivity index is 2.01. The van der Waals surface area contributed by atoms with Gasteiger partial charge in [-0.3, -0.25) is 4.79 Å². The lowest BCUT2D eigenvalue weighted by atomic mass is 10.2. The summed E-state index contributed by atoms with van der Waals surface area (Å²) in [5, 5.41) is 11.9. The van der Waals surface area contributed by atoms with Crippen LogP contribution in [0.15, 0.2) is 54.6 Å². The molecule has 0 aliphatic rings. The number of hydrogen-bond acceptors (Lipinski definition) is 3. The number of ether oxygens (including phenoxy) is 1. The number of amides is 1. The molecule has 0 radical (unpaired) electrons. The lowest BCUT2D eigenvalue weighted by molar-refractivity contribution is -0.111. The zero-order valence-corrected chi connectivity index (χ0v) is 12.5. The Bertz CT molecular complexity index is 648. The quantitative estimate of drug-likeness (QED) is 0.629. The first-order chi connectivity index (χ1) is 10.7. The molecule has 0 saturated heterocycles. The van der Waals surface area contributed by atoms with E-state index in [-0.39, 0.29) is 11.7 Å². The van der Waals surface area contributed by atoms with Crippen molar-refractivity contribution < 1.29 is 14.6 Å². The summed E-state index contributed by atoms with van der Waals surface area (Å²) in [6.45, 7) is 2.69. The van der Waals surface area contributed by atoms with Crippen LogP contribution in [0, 0.1) is 0 Å². The fraction of sp³-hybridized carbons (Fsp3) is 0.167. The van der Waals surface area contributed by atoms with Crippen LogP contribution in [0.4, 0.5) is 5.69 Å². The van der Waals surface area contributed by atoms with Gasteiger partial charge in [-0.25, -0.2) is 0 Å². The Morgan fingerprint density at radius 1 is 1.18 bits per heavy atom. The average molecular weight is 297 g/mol. The Kier molecular flexibility index (Phi) is 5.60. The van der Waals surface area contributed by atoms with Gasteiger partial charge in [-0.2, -0.15) is 0 Å². The lowest BCUT2D eigenvalue weighted by Gasteiger charge is -2.07. The largest absolute Gasteiger partial charge is 0.508 e. The van der Waals surface area contributed by atoms with E-state index >= 15 is 0 Å². The second-order valence-corrected chi connectivity index (χ2v) is 4.76. The molecule has 0 atom stereocenters. The molecule has 0 unspecified atom stereocenters. The summed E-state index contributed by atoms with van der Waals surface area (Å²) in [6, 6.07) is 13.9. The second-order valence-electron chi connectivity index (χ2n) is 4.76. The van der Waals surface area contributed by atoms with Crippen molar-refractivity contribution in [2.45, 2.75) is 13.3 Å². The first-order valence-corrected chi connectivity index (χ1v) is 7.19. The van der Waals surface area contributed by atoms with E-state index in [1.54, 1.807) is 18.2 Å². The summed E-state index contributed by atoms with van der Waals surface area (Å²) in [5.74, 6) is 0.685. The zero-order valence-electron chi connectivity index (χ0n) is 12.5. The number of benzene rings is 2. The molecule has 2 rings (SSSR count). The van der Waals surface area contributed by atoms with E-state index in [9.17, 15) is 9.90 Å². The minimum Gasteiger partial charge on any atom is -0.508 e. The van der Waals surface area contributed by atoms with Crippen LogP contribution in [0.3, 0.4) is 0 Å². The normalized spacial score (nSPS) is 10.6. The standard InChI is InChI=1S/C18H19NO3/c1-2-13-22-17-6-4-3-5-14(17)7-12-18(21)19-15-8-10-16(20)11-9-15/h3-12,20H,2,13H2,1H3,(H,19,21). The minimum atomic E-state index is -0.240.